The lowest BCUT2D eigenvalue weighted by Crippen LogP contribution is -1.95. The highest BCUT2D eigenvalue weighted by molar-refractivity contribution is 7.99. The smallest absolute Gasteiger partial charge is 0.141 e. The molecule has 3 rings (SSSR count). The summed E-state index contributed by atoms with van der Waals surface area (Å²) in [4.78, 5) is 6.90. The van der Waals surface area contributed by atoms with Gasteiger partial charge in [0.15, 0.2) is 0 Å². The topological polar surface area (TPSA) is 30.8 Å². The van der Waals surface area contributed by atoms with Crippen molar-refractivity contribution in [2.75, 3.05) is 7.11 Å². The average molecular weight is 257 g/mol. The average Bonchev–Trinajstić information content (AvgIpc) is 2.42. The molecule has 0 aliphatic carbocycles. The van der Waals surface area contributed by atoms with Crippen LogP contribution >= 0.6 is 11.8 Å². The van der Waals surface area contributed by atoms with E-state index in [1.807, 2.05) is 36.4 Å². The Bertz CT molecular complexity index is 610. The van der Waals surface area contributed by atoms with Crippen LogP contribution in [0.5, 0.6) is 11.5 Å². The fraction of sp³-hybridized carbons (Fsp3) is 0.0714. The number of nitrogens with zero attached hydrogens (tertiary/aromatic N) is 1. The van der Waals surface area contributed by atoms with Gasteiger partial charge in [-0.15, -0.1) is 0 Å². The summed E-state index contributed by atoms with van der Waals surface area (Å²) >= 11 is 1.70. The van der Waals surface area contributed by atoms with Gasteiger partial charge in [-0.25, -0.2) is 0 Å². The largest absolute Gasteiger partial charge is 0.455 e. The van der Waals surface area contributed by atoms with Crippen LogP contribution in [-0.4, -0.2) is 13.3 Å². The minimum Gasteiger partial charge on any atom is -0.455 e. The van der Waals surface area contributed by atoms with E-state index in [0.717, 1.165) is 26.9 Å². The zero-order valence-electron chi connectivity index (χ0n) is 9.79. The number of fused-ring (bicyclic) bond motifs is 2. The lowest BCUT2D eigenvalue weighted by molar-refractivity contribution is 0.215. The van der Waals surface area contributed by atoms with Gasteiger partial charge in [0, 0.05) is 0 Å². The van der Waals surface area contributed by atoms with Crippen LogP contribution in [0.1, 0.15) is 5.56 Å². The zero-order chi connectivity index (χ0) is 12.4. The summed E-state index contributed by atoms with van der Waals surface area (Å²) in [6, 6.07) is 14.0. The van der Waals surface area contributed by atoms with E-state index in [0.29, 0.717) is 0 Å². The maximum absolute atomic E-state index is 5.84. The zero-order valence-corrected chi connectivity index (χ0v) is 10.6. The van der Waals surface area contributed by atoms with Crippen molar-refractivity contribution in [3.8, 4) is 11.5 Å². The fourth-order valence-corrected chi connectivity index (χ4v) is 2.74. The van der Waals surface area contributed by atoms with Crippen molar-refractivity contribution >= 4 is 18.0 Å². The van der Waals surface area contributed by atoms with Gasteiger partial charge in [0.25, 0.3) is 0 Å². The van der Waals surface area contributed by atoms with Gasteiger partial charge in [0.2, 0.25) is 0 Å². The summed E-state index contributed by atoms with van der Waals surface area (Å²) in [6.45, 7) is 0. The standard InChI is InChI=1S/C14H11NO2S/c1-16-15-9-10-6-7-12-14(8-10)18-13-5-3-2-4-11(13)17-12/h2-9H,1H3/b15-9-. The molecule has 1 aliphatic rings. The van der Waals surface area contributed by atoms with Gasteiger partial charge in [0.1, 0.15) is 18.6 Å². The maximum atomic E-state index is 5.84. The molecule has 18 heavy (non-hydrogen) atoms. The van der Waals surface area contributed by atoms with Gasteiger partial charge in [-0.3, -0.25) is 0 Å². The highest BCUT2D eigenvalue weighted by Crippen LogP contribution is 2.46. The summed E-state index contributed by atoms with van der Waals surface area (Å²) in [5, 5.41) is 3.76. The van der Waals surface area contributed by atoms with Crippen molar-refractivity contribution in [3.63, 3.8) is 0 Å². The van der Waals surface area contributed by atoms with Crippen LogP contribution in [0, 0.1) is 0 Å². The Kier molecular flexibility index (Phi) is 2.94. The molecule has 0 saturated heterocycles. The molecule has 3 nitrogen and oxygen atoms in total. The molecule has 0 saturated carbocycles. The highest BCUT2D eigenvalue weighted by atomic mass is 32.2. The first kappa shape index (κ1) is 11.2. The molecule has 0 spiro atoms. The molecular weight excluding hydrogens is 246 g/mol. The molecule has 0 radical (unpaired) electrons. The Labute approximate surface area is 109 Å². The molecule has 4 heteroatoms. The molecule has 0 unspecified atom stereocenters. The monoisotopic (exact) mass is 257 g/mol. The first-order valence-corrected chi connectivity index (χ1v) is 6.34. The van der Waals surface area contributed by atoms with Gasteiger partial charge in [-0.1, -0.05) is 29.1 Å². The van der Waals surface area contributed by atoms with Crippen molar-refractivity contribution in [1.82, 2.24) is 0 Å². The molecule has 0 fully saturated rings. The predicted octanol–water partition coefficient (Wildman–Crippen LogP) is 3.92. The lowest BCUT2D eigenvalue weighted by atomic mass is 10.2. The van der Waals surface area contributed by atoms with Gasteiger partial charge in [-0.2, -0.15) is 0 Å². The van der Waals surface area contributed by atoms with Crippen molar-refractivity contribution in [2.24, 2.45) is 5.16 Å². The van der Waals surface area contributed by atoms with E-state index in [1.165, 1.54) is 7.11 Å². The number of para-hydroxylation sites is 1. The summed E-state index contributed by atoms with van der Waals surface area (Å²) in [5.41, 5.74) is 0.992. The first-order chi connectivity index (χ1) is 8.86. The molecule has 1 heterocycles. The fourth-order valence-electron chi connectivity index (χ4n) is 1.74. The Morgan fingerprint density at radius 2 is 1.94 bits per heavy atom. The third-order valence-corrected chi connectivity index (χ3v) is 3.66. The Balaban J connectivity index is 1.96. The van der Waals surface area contributed by atoms with Gasteiger partial charge < -0.3 is 9.57 Å². The predicted molar refractivity (Wildman–Crippen MR) is 71.7 cm³/mol. The van der Waals surface area contributed by atoms with Gasteiger partial charge in [0.05, 0.1) is 16.0 Å². The molecule has 2 aromatic rings. The van der Waals surface area contributed by atoms with E-state index >= 15 is 0 Å². The van der Waals surface area contributed by atoms with Crippen LogP contribution < -0.4 is 4.74 Å². The number of benzene rings is 2. The molecule has 0 atom stereocenters. The molecule has 1 aliphatic heterocycles. The molecule has 90 valence electrons. The Hall–Kier alpha value is -1.94. The number of ether oxygens (including phenoxy) is 1. The van der Waals surface area contributed by atoms with Crippen LogP contribution in [0.25, 0.3) is 0 Å². The maximum Gasteiger partial charge on any atom is 0.141 e. The third-order valence-electron chi connectivity index (χ3n) is 2.56. The van der Waals surface area contributed by atoms with E-state index in [9.17, 15) is 0 Å². The van der Waals surface area contributed by atoms with Crippen molar-refractivity contribution < 1.29 is 9.57 Å². The molecule has 0 aromatic heterocycles. The van der Waals surface area contributed by atoms with E-state index < -0.39 is 0 Å². The molecule has 0 N–H and O–H groups in total. The van der Waals surface area contributed by atoms with Crippen molar-refractivity contribution in [1.29, 1.82) is 0 Å². The van der Waals surface area contributed by atoms with Gasteiger partial charge >= 0.3 is 0 Å². The SMILES string of the molecule is CO/N=C\c1ccc2c(c1)Sc1ccccc1O2. The third kappa shape index (κ3) is 2.07. The highest BCUT2D eigenvalue weighted by Gasteiger charge is 2.17. The number of oxime groups is 1. The minimum absolute atomic E-state index is 0.883. The molecule has 2 aromatic carbocycles. The number of hydrogen-bond acceptors (Lipinski definition) is 4. The van der Waals surface area contributed by atoms with Crippen LogP contribution in [0.3, 0.4) is 0 Å². The van der Waals surface area contributed by atoms with Crippen LogP contribution in [0.2, 0.25) is 0 Å². The lowest BCUT2D eigenvalue weighted by Gasteiger charge is -2.19. The quantitative estimate of drug-likeness (QED) is 0.515. The minimum atomic E-state index is 0.883. The Morgan fingerprint density at radius 3 is 2.83 bits per heavy atom. The van der Waals surface area contributed by atoms with Gasteiger partial charge in [-0.05, 0) is 35.9 Å². The Morgan fingerprint density at radius 1 is 1.11 bits per heavy atom. The second-order valence-corrected chi connectivity index (χ2v) is 4.86. The van der Waals surface area contributed by atoms with E-state index in [-0.39, 0.29) is 0 Å². The second-order valence-electron chi connectivity index (χ2n) is 3.77. The second kappa shape index (κ2) is 4.74. The normalized spacial score (nSPS) is 12.7. The van der Waals surface area contributed by atoms with Crippen LogP contribution in [0.4, 0.5) is 0 Å². The van der Waals surface area contributed by atoms with E-state index in [4.69, 9.17) is 4.74 Å². The van der Waals surface area contributed by atoms with Crippen LogP contribution in [0.15, 0.2) is 57.4 Å². The van der Waals surface area contributed by atoms with Crippen molar-refractivity contribution in [2.45, 2.75) is 9.79 Å². The van der Waals surface area contributed by atoms with E-state index in [2.05, 4.69) is 16.1 Å². The summed E-state index contributed by atoms with van der Waals surface area (Å²) in [6.07, 6.45) is 1.68. The number of hydrogen-bond donors (Lipinski definition) is 0. The first-order valence-electron chi connectivity index (χ1n) is 5.52. The summed E-state index contributed by atoms with van der Waals surface area (Å²) < 4.78 is 5.84. The molecule has 0 amide bonds. The summed E-state index contributed by atoms with van der Waals surface area (Å²) in [5.74, 6) is 1.79. The number of rotatable bonds is 2. The molecule has 0 bridgehead atoms. The van der Waals surface area contributed by atoms with Crippen molar-refractivity contribution in [3.05, 3.63) is 48.0 Å². The van der Waals surface area contributed by atoms with Crippen LogP contribution in [-0.2, 0) is 4.84 Å². The molecular formula is C14H11NO2S. The van der Waals surface area contributed by atoms with E-state index in [1.54, 1.807) is 18.0 Å². The summed E-state index contributed by atoms with van der Waals surface area (Å²) in [7, 11) is 1.53.